The molecule has 0 saturated heterocycles. The van der Waals surface area contributed by atoms with Gasteiger partial charge in [-0.25, -0.2) is 13.1 Å². The van der Waals surface area contributed by atoms with Crippen LogP contribution in [0.15, 0.2) is 70.1 Å². The van der Waals surface area contributed by atoms with Crippen LogP contribution in [0.5, 0.6) is 0 Å². The van der Waals surface area contributed by atoms with Gasteiger partial charge in [0.1, 0.15) is 0 Å². The largest absolute Gasteiger partial charge is 0.334 e. The summed E-state index contributed by atoms with van der Waals surface area (Å²) in [4.78, 5) is 4.37. The van der Waals surface area contributed by atoms with Crippen molar-refractivity contribution in [2.75, 3.05) is 0 Å². The summed E-state index contributed by atoms with van der Waals surface area (Å²) in [5, 5.41) is 3.78. The van der Waals surface area contributed by atoms with E-state index in [1.807, 2.05) is 30.3 Å². The lowest BCUT2D eigenvalue weighted by atomic mass is 10.2. The van der Waals surface area contributed by atoms with Gasteiger partial charge in [0.05, 0.1) is 11.4 Å². The Kier molecular flexibility index (Phi) is 3.99. The maximum Gasteiger partial charge on any atom is 0.257 e. The molecule has 3 rings (SSSR count). The summed E-state index contributed by atoms with van der Waals surface area (Å²) in [7, 11) is -3.59. The van der Waals surface area contributed by atoms with Crippen molar-refractivity contribution in [2.45, 2.75) is 11.4 Å². The summed E-state index contributed by atoms with van der Waals surface area (Å²) in [5.41, 5.74) is 0.784. The van der Waals surface area contributed by atoms with Crippen molar-refractivity contribution in [1.29, 1.82) is 0 Å². The van der Waals surface area contributed by atoms with E-state index >= 15 is 0 Å². The average molecular weight is 315 g/mol. The van der Waals surface area contributed by atoms with Crippen LogP contribution in [0.2, 0.25) is 0 Å². The molecule has 3 aromatic rings. The van der Waals surface area contributed by atoms with E-state index in [0.717, 1.165) is 5.56 Å². The van der Waals surface area contributed by atoms with Crippen LogP contribution in [0.1, 0.15) is 5.82 Å². The first-order chi connectivity index (χ1) is 10.6. The highest BCUT2D eigenvalue weighted by atomic mass is 32.2. The quantitative estimate of drug-likeness (QED) is 0.780. The highest BCUT2D eigenvalue weighted by molar-refractivity contribution is 7.89. The number of aromatic nitrogens is 2. The number of hydrogen-bond donors (Lipinski definition) is 1. The van der Waals surface area contributed by atoms with E-state index in [1.165, 1.54) is 12.1 Å². The van der Waals surface area contributed by atoms with E-state index in [9.17, 15) is 8.42 Å². The third-order valence-electron chi connectivity index (χ3n) is 2.96. The molecule has 6 nitrogen and oxygen atoms in total. The Morgan fingerprint density at radius 1 is 0.955 bits per heavy atom. The van der Waals surface area contributed by atoms with E-state index in [1.54, 1.807) is 18.2 Å². The SMILES string of the molecule is O=S(=O)(NCc1noc(-c2ccccc2)n1)c1ccccc1. The summed E-state index contributed by atoms with van der Waals surface area (Å²) in [6.07, 6.45) is 0. The van der Waals surface area contributed by atoms with E-state index in [2.05, 4.69) is 14.9 Å². The van der Waals surface area contributed by atoms with Gasteiger partial charge in [0, 0.05) is 5.56 Å². The molecule has 1 heterocycles. The maximum absolute atomic E-state index is 12.1. The first kappa shape index (κ1) is 14.4. The zero-order valence-electron chi connectivity index (χ0n) is 11.5. The summed E-state index contributed by atoms with van der Waals surface area (Å²) < 4.78 is 31.7. The van der Waals surface area contributed by atoms with Gasteiger partial charge in [0.15, 0.2) is 5.82 Å². The molecule has 0 spiro atoms. The molecule has 22 heavy (non-hydrogen) atoms. The van der Waals surface area contributed by atoms with Crippen LogP contribution in [-0.2, 0) is 16.6 Å². The normalized spacial score (nSPS) is 11.5. The minimum Gasteiger partial charge on any atom is -0.334 e. The Labute approximate surface area is 127 Å². The van der Waals surface area contributed by atoms with Crippen LogP contribution in [0.4, 0.5) is 0 Å². The first-order valence-electron chi connectivity index (χ1n) is 6.58. The number of sulfonamides is 1. The number of benzene rings is 2. The fourth-order valence-corrected chi connectivity index (χ4v) is 2.87. The van der Waals surface area contributed by atoms with E-state index in [0.29, 0.717) is 5.89 Å². The number of rotatable bonds is 5. The van der Waals surface area contributed by atoms with Crippen molar-refractivity contribution in [1.82, 2.24) is 14.9 Å². The number of hydrogen-bond acceptors (Lipinski definition) is 5. The number of nitrogens with one attached hydrogen (secondary N) is 1. The van der Waals surface area contributed by atoms with Crippen LogP contribution < -0.4 is 4.72 Å². The van der Waals surface area contributed by atoms with Crippen molar-refractivity contribution in [2.24, 2.45) is 0 Å². The van der Waals surface area contributed by atoms with E-state index in [4.69, 9.17) is 4.52 Å². The Balaban J connectivity index is 1.72. The molecule has 1 N–H and O–H groups in total. The molecule has 0 bridgehead atoms. The Morgan fingerprint density at radius 3 is 2.27 bits per heavy atom. The van der Waals surface area contributed by atoms with Gasteiger partial charge in [-0.05, 0) is 24.3 Å². The summed E-state index contributed by atoms with van der Waals surface area (Å²) in [6.45, 7) is -0.0342. The van der Waals surface area contributed by atoms with Crippen LogP contribution in [0, 0.1) is 0 Å². The Hall–Kier alpha value is -2.51. The predicted octanol–water partition coefficient (Wildman–Crippen LogP) is 2.22. The van der Waals surface area contributed by atoms with Crippen LogP contribution >= 0.6 is 0 Å². The Morgan fingerprint density at radius 2 is 1.59 bits per heavy atom. The monoisotopic (exact) mass is 315 g/mol. The lowest BCUT2D eigenvalue weighted by Crippen LogP contribution is -2.23. The molecule has 0 atom stereocenters. The van der Waals surface area contributed by atoms with Gasteiger partial charge in [0.25, 0.3) is 5.89 Å². The molecule has 2 aromatic carbocycles. The van der Waals surface area contributed by atoms with Crippen molar-refractivity contribution < 1.29 is 12.9 Å². The molecular formula is C15H13N3O3S. The standard InChI is InChI=1S/C15H13N3O3S/c19-22(20,13-9-5-2-6-10-13)16-11-14-17-15(21-18-14)12-7-3-1-4-8-12/h1-10,16H,11H2. The average Bonchev–Trinajstić information content (AvgIpc) is 3.04. The van der Waals surface area contributed by atoms with Crippen LogP contribution in [-0.4, -0.2) is 18.6 Å². The van der Waals surface area contributed by atoms with Gasteiger partial charge < -0.3 is 4.52 Å². The van der Waals surface area contributed by atoms with Gasteiger partial charge in [-0.15, -0.1) is 0 Å². The molecule has 0 saturated carbocycles. The van der Waals surface area contributed by atoms with Gasteiger partial charge in [-0.1, -0.05) is 41.6 Å². The lowest BCUT2D eigenvalue weighted by molar-refractivity contribution is 0.421. The highest BCUT2D eigenvalue weighted by Gasteiger charge is 2.15. The third kappa shape index (κ3) is 3.21. The van der Waals surface area contributed by atoms with Crippen molar-refractivity contribution in [3.8, 4) is 11.5 Å². The minimum atomic E-state index is -3.59. The highest BCUT2D eigenvalue weighted by Crippen LogP contribution is 2.16. The van der Waals surface area contributed by atoms with Gasteiger partial charge >= 0.3 is 0 Å². The fourth-order valence-electron chi connectivity index (χ4n) is 1.87. The molecule has 1 aromatic heterocycles. The third-order valence-corrected chi connectivity index (χ3v) is 4.38. The maximum atomic E-state index is 12.1. The van der Waals surface area contributed by atoms with E-state index < -0.39 is 10.0 Å². The van der Waals surface area contributed by atoms with Crippen LogP contribution in [0.3, 0.4) is 0 Å². The fraction of sp³-hybridized carbons (Fsp3) is 0.0667. The summed E-state index contributed by atoms with van der Waals surface area (Å²) >= 11 is 0. The van der Waals surface area contributed by atoms with Crippen molar-refractivity contribution >= 4 is 10.0 Å². The van der Waals surface area contributed by atoms with Gasteiger partial charge in [-0.3, -0.25) is 0 Å². The topological polar surface area (TPSA) is 85.1 Å². The lowest BCUT2D eigenvalue weighted by Gasteiger charge is -2.03. The van der Waals surface area contributed by atoms with Crippen molar-refractivity contribution in [3.63, 3.8) is 0 Å². The summed E-state index contributed by atoms with van der Waals surface area (Å²) in [6, 6.07) is 17.4. The molecule has 7 heteroatoms. The second kappa shape index (κ2) is 6.08. The second-order valence-electron chi connectivity index (χ2n) is 4.52. The van der Waals surface area contributed by atoms with Gasteiger partial charge in [0.2, 0.25) is 10.0 Å². The Bertz CT molecular complexity index is 846. The molecule has 0 aliphatic rings. The molecule has 0 aliphatic heterocycles. The molecule has 112 valence electrons. The minimum absolute atomic E-state index is 0.0342. The van der Waals surface area contributed by atoms with Gasteiger partial charge in [-0.2, -0.15) is 4.98 Å². The second-order valence-corrected chi connectivity index (χ2v) is 6.29. The zero-order valence-corrected chi connectivity index (χ0v) is 12.3. The summed E-state index contributed by atoms with van der Waals surface area (Å²) in [5.74, 6) is 0.632. The first-order valence-corrected chi connectivity index (χ1v) is 8.06. The molecule has 0 unspecified atom stereocenters. The molecule has 0 amide bonds. The zero-order chi connectivity index (χ0) is 15.4. The number of nitrogens with zero attached hydrogens (tertiary/aromatic N) is 2. The predicted molar refractivity (Wildman–Crippen MR) is 80.2 cm³/mol. The van der Waals surface area contributed by atoms with Crippen LogP contribution in [0.25, 0.3) is 11.5 Å². The van der Waals surface area contributed by atoms with Crippen molar-refractivity contribution in [3.05, 3.63) is 66.5 Å². The molecule has 0 radical (unpaired) electrons. The van der Waals surface area contributed by atoms with E-state index in [-0.39, 0.29) is 17.3 Å². The molecule has 0 aliphatic carbocycles. The smallest absolute Gasteiger partial charge is 0.257 e. The molecule has 0 fully saturated rings. The molecular weight excluding hydrogens is 302 g/mol.